The van der Waals surface area contributed by atoms with Crippen LogP contribution in [0.3, 0.4) is 0 Å². The van der Waals surface area contributed by atoms with E-state index in [9.17, 15) is 116 Å². The Hall–Kier alpha value is -2.27. The monoisotopic (exact) mass is 1090 g/mol. The summed E-state index contributed by atoms with van der Waals surface area (Å²) in [4.78, 5) is 24.3. The predicted molar refractivity (Wildman–Crippen MR) is 191 cm³/mol. The highest BCUT2D eigenvalue weighted by Crippen LogP contribution is 2.36. The zero-order valence-electron chi connectivity index (χ0n) is 32.2. The van der Waals surface area contributed by atoms with Gasteiger partial charge in [-0.1, -0.05) is 0 Å². The molecule has 4 fully saturated rings. The molecule has 392 valence electrons. The number of carbonyl (C=O) groups is 2. The lowest BCUT2D eigenvalue weighted by molar-refractivity contribution is -0.368. The lowest BCUT2D eigenvalue weighted by Gasteiger charge is -2.49. The molecule has 20 atom stereocenters. The number of carboxylic acids is 2. The zero-order chi connectivity index (χ0) is 51.1. The zero-order valence-corrected chi connectivity index (χ0v) is 36.3. The number of nitrogens with one attached hydrogen (secondary N) is 2. The second-order valence-corrected chi connectivity index (χ2v) is 19.6. The molecular formula is C24H40N2O36S5. The molecule has 0 saturated carbocycles. The van der Waals surface area contributed by atoms with Gasteiger partial charge < -0.3 is 79.1 Å². The first-order valence-corrected chi connectivity index (χ1v) is 24.5. The lowest BCUT2D eigenvalue weighted by Crippen LogP contribution is -2.70. The lowest BCUT2D eigenvalue weighted by atomic mass is 9.94. The minimum Gasteiger partial charge on any atom is -0.479 e. The van der Waals surface area contributed by atoms with Crippen LogP contribution in [0.4, 0.5) is 0 Å². The van der Waals surface area contributed by atoms with E-state index in [1.807, 2.05) is 0 Å². The third-order valence-corrected chi connectivity index (χ3v) is 11.9. The van der Waals surface area contributed by atoms with Crippen molar-refractivity contribution in [3.05, 3.63) is 0 Å². The van der Waals surface area contributed by atoms with E-state index < -0.39 is 200 Å². The molecule has 0 aromatic heterocycles. The molecular weight excluding hydrogens is 1050 g/mol. The Morgan fingerprint density at radius 2 is 0.881 bits per heavy atom. The largest absolute Gasteiger partial charge is 0.479 e. The molecule has 0 aliphatic carbocycles. The van der Waals surface area contributed by atoms with Crippen molar-refractivity contribution in [3.8, 4) is 0 Å². The molecule has 67 heavy (non-hydrogen) atoms. The maximum Gasteiger partial charge on any atom is 0.397 e. The van der Waals surface area contributed by atoms with Crippen LogP contribution in [-0.2, 0) is 107 Å². The van der Waals surface area contributed by atoms with Gasteiger partial charge in [0.05, 0.1) is 13.2 Å². The number of aliphatic carboxylic acids is 2. The van der Waals surface area contributed by atoms with E-state index in [1.165, 1.54) is 9.44 Å². The average molecular weight is 1090 g/mol. The maximum atomic E-state index is 12.7. The summed E-state index contributed by atoms with van der Waals surface area (Å²) in [6.45, 7) is -3.16. The highest BCUT2D eigenvalue weighted by molar-refractivity contribution is 7.84. The fourth-order valence-electron chi connectivity index (χ4n) is 6.64. The van der Waals surface area contributed by atoms with Gasteiger partial charge in [0.2, 0.25) is 0 Å². The van der Waals surface area contributed by atoms with Gasteiger partial charge in [-0.25, -0.2) is 22.1 Å². The smallest absolute Gasteiger partial charge is 0.397 e. The minimum atomic E-state index is -5.97. The summed E-state index contributed by atoms with van der Waals surface area (Å²) in [5.74, 6) is -4.34. The van der Waals surface area contributed by atoms with Crippen molar-refractivity contribution in [3.63, 3.8) is 0 Å². The quantitative estimate of drug-likeness (QED) is 0.0503. The van der Waals surface area contributed by atoms with Gasteiger partial charge in [-0.3, -0.25) is 22.8 Å². The van der Waals surface area contributed by atoms with Crippen LogP contribution in [0.2, 0.25) is 0 Å². The van der Waals surface area contributed by atoms with Crippen LogP contribution < -0.4 is 9.44 Å². The highest BCUT2D eigenvalue weighted by Gasteiger charge is 2.59. The van der Waals surface area contributed by atoms with Gasteiger partial charge in [0.1, 0.15) is 79.2 Å². The Balaban J connectivity index is 1.77. The molecule has 16 N–H and O–H groups in total. The van der Waals surface area contributed by atoms with Gasteiger partial charge in [-0.05, 0) is 0 Å². The van der Waals surface area contributed by atoms with E-state index in [-0.39, 0.29) is 0 Å². The first-order chi connectivity index (χ1) is 30.4. The molecule has 0 unspecified atom stereocenters. The summed E-state index contributed by atoms with van der Waals surface area (Å²) in [6.07, 6.45) is -47.8. The second kappa shape index (κ2) is 21.6. The van der Waals surface area contributed by atoms with Crippen molar-refractivity contribution in [2.45, 2.75) is 123 Å². The average Bonchev–Trinajstić information content (AvgIpc) is 3.15. The third-order valence-electron chi connectivity index (χ3n) is 9.38. The van der Waals surface area contributed by atoms with E-state index in [0.717, 1.165) is 0 Å². The van der Waals surface area contributed by atoms with Crippen LogP contribution in [0.25, 0.3) is 0 Å². The topological polar surface area (TPSA) is 604 Å². The van der Waals surface area contributed by atoms with Crippen molar-refractivity contribution in [1.82, 2.24) is 9.44 Å². The Morgan fingerprint density at radius 3 is 1.34 bits per heavy atom. The summed E-state index contributed by atoms with van der Waals surface area (Å²) >= 11 is 0. The van der Waals surface area contributed by atoms with Crippen LogP contribution in [0.1, 0.15) is 0 Å². The second-order valence-electron chi connectivity index (χ2n) is 14.0. The molecule has 4 aliphatic rings. The number of hydrogen-bond acceptors (Lipinski definition) is 29. The molecule has 4 rings (SSSR count). The fraction of sp³-hybridized carbons (Fsp3) is 0.917. The molecule has 43 heteroatoms. The Bertz CT molecular complexity index is 2320. The molecule has 0 amide bonds. The van der Waals surface area contributed by atoms with Gasteiger partial charge >= 0.3 is 63.7 Å². The Morgan fingerprint density at radius 1 is 0.448 bits per heavy atom. The van der Waals surface area contributed by atoms with Crippen molar-refractivity contribution in [2.75, 3.05) is 13.2 Å². The fourth-order valence-corrected chi connectivity index (χ4v) is 8.93. The normalized spacial score (nSPS) is 40.5. The van der Waals surface area contributed by atoms with Gasteiger partial charge in [-0.15, -0.1) is 0 Å². The molecule has 0 radical (unpaired) electrons. The Kier molecular flexibility index (Phi) is 18.5. The number of ether oxygens (including phenoxy) is 7. The van der Waals surface area contributed by atoms with Gasteiger partial charge in [0.15, 0.2) is 43.5 Å². The number of aliphatic hydroxyl groups excluding tert-OH is 7. The minimum absolute atomic E-state index is 1.25. The van der Waals surface area contributed by atoms with E-state index in [1.54, 1.807) is 0 Å². The van der Waals surface area contributed by atoms with E-state index in [2.05, 4.69) is 12.5 Å². The molecule has 4 heterocycles. The van der Waals surface area contributed by atoms with Gasteiger partial charge in [0.25, 0.3) is 0 Å². The highest BCUT2D eigenvalue weighted by atomic mass is 32.3. The number of hydrogen-bond donors (Lipinski definition) is 16. The van der Waals surface area contributed by atoms with Crippen molar-refractivity contribution in [2.24, 2.45) is 0 Å². The summed E-state index contributed by atoms with van der Waals surface area (Å²) in [6, 6.07) is -5.18. The van der Waals surface area contributed by atoms with Crippen LogP contribution in [-0.4, -0.2) is 259 Å². The molecule has 4 saturated heterocycles. The van der Waals surface area contributed by atoms with Crippen molar-refractivity contribution >= 4 is 63.7 Å². The van der Waals surface area contributed by atoms with Gasteiger partial charge in [0, 0.05) is 0 Å². The number of rotatable bonds is 20. The molecule has 0 spiro atoms. The number of carboxylic acid groups (broad SMARTS) is 2. The summed E-state index contributed by atoms with van der Waals surface area (Å²) in [7, 11) is -28.1. The summed E-state index contributed by atoms with van der Waals surface area (Å²) < 4.78 is 215. The van der Waals surface area contributed by atoms with Crippen LogP contribution >= 0.6 is 0 Å². The molecule has 0 bridgehead atoms. The summed E-state index contributed by atoms with van der Waals surface area (Å²) in [5, 5.41) is 94.4. The van der Waals surface area contributed by atoms with Crippen molar-refractivity contribution < 1.29 is 166 Å². The first-order valence-electron chi connectivity index (χ1n) is 17.6. The maximum absolute atomic E-state index is 12.7. The SMILES string of the molecule is O=C(O)[C@H]1O[C@H](O[C@H]2[C@H](O)[C@@H](NS(=O)(=O)O)[C@H](O[C@H]3[C@H](O)[C@@H](OS(=O)(=O)O)[C@H](O[C@H]4[C@H](O)[C@@H](NS(=O)(=O)O)[C@H](O)O[C@@H]4COS(=O)(=O)O)O[C@H]3C(=O)O)O[C@@H]2COS(=O)(=O)O)[C@H](O)[C@@H](O)[C@@H]1O. The first kappa shape index (κ1) is 57.3. The van der Waals surface area contributed by atoms with Crippen LogP contribution in [0.15, 0.2) is 0 Å². The van der Waals surface area contributed by atoms with E-state index >= 15 is 0 Å². The number of aliphatic hydroxyl groups is 7. The van der Waals surface area contributed by atoms with Gasteiger partial charge in [-0.2, -0.15) is 51.5 Å². The summed E-state index contributed by atoms with van der Waals surface area (Å²) in [5.41, 5.74) is 0. The molecule has 0 aromatic rings. The molecule has 4 aliphatic heterocycles. The molecule has 38 nitrogen and oxygen atoms in total. The molecule has 0 aromatic carbocycles. The van der Waals surface area contributed by atoms with E-state index in [4.69, 9.17) is 37.7 Å². The standard InChI is InChI=1S/C24H40N2O36S5/c27-7-5(25-63(38,39)40)21(37)55-3(1-53-65(44,45)46)13(7)58-24-17(62-67(50,51)52)12(32)15(18(61-24)20(35)36)59-22-6(26-64(41,42)43)8(28)14(4(56-22)2-54-66(47,48)49)57-23-11(31)9(29)10(30)16(60-23)19(33)34/h3-18,21-32,37H,1-2H2,(H,33,34)(H,35,36)(H,38,39,40)(H,41,42,43)(H,44,45,46)(H,47,48,49)(H,50,51,52)/t3-,4-,5-,6-,7-,8-,9+,10+,11-,12+,13-,14-,15+,16+,17-,18-,21-,22+,23+,24-/m1/s1. The van der Waals surface area contributed by atoms with E-state index in [0.29, 0.717) is 0 Å². The predicted octanol–water partition coefficient (Wildman–Crippen LogP) is -11.3. The van der Waals surface area contributed by atoms with Crippen LogP contribution in [0.5, 0.6) is 0 Å². The van der Waals surface area contributed by atoms with Crippen LogP contribution in [0, 0.1) is 0 Å². The third kappa shape index (κ3) is 15.6. The van der Waals surface area contributed by atoms with Crippen molar-refractivity contribution in [1.29, 1.82) is 0 Å². The Labute approximate surface area is 374 Å².